The number of Topliss-reactive ketones (excluding diaryl/α,β-unsaturated/α-hetero) is 1. The lowest BCUT2D eigenvalue weighted by molar-refractivity contribution is -0.262. The summed E-state index contributed by atoms with van der Waals surface area (Å²) in [6.45, 7) is 6.15. The van der Waals surface area contributed by atoms with Gasteiger partial charge in [-0.25, -0.2) is 0 Å². The second kappa shape index (κ2) is 4.83. The van der Waals surface area contributed by atoms with Gasteiger partial charge in [-0.2, -0.15) is 0 Å². The predicted molar refractivity (Wildman–Crippen MR) is 90.2 cm³/mol. The molecule has 0 heterocycles. The SMILES string of the molecule is CC1(C)C(=O)CC[C@]2(C)[C@@H]1[C@H](O)C[C@@]13CC[C@@H](C[C@H]12)[C@](O)(CO)C3. The first kappa shape index (κ1) is 17.0. The summed E-state index contributed by atoms with van der Waals surface area (Å²) in [5.41, 5.74) is -1.58. The molecule has 0 radical (unpaired) electrons. The van der Waals surface area contributed by atoms with Crippen molar-refractivity contribution < 1.29 is 20.1 Å². The number of hydrogen-bond donors (Lipinski definition) is 3. The third-order valence-electron chi connectivity index (χ3n) is 8.84. The van der Waals surface area contributed by atoms with Crippen LogP contribution in [0.4, 0.5) is 0 Å². The van der Waals surface area contributed by atoms with E-state index >= 15 is 0 Å². The summed E-state index contributed by atoms with van der Waals surface area (Å²) in [5.74, 6) is 0.885. The second-order valence-electron chi connectivity index (χ2n) is 10.2. The van der Waals surface area contributed by atoms with Crippen LogP contribution in [0, 0.1) is 34.0 Å². The van der Waals surface area contributed by atoms with Gasteiger partial charge < -0.3 is 15.3 Å². The van der Waals surface area contributed by atoms with E-state index in [1.54, 1.807) is 0 Å². The smallest absolute Gasteiger partial charge is 0.138 e. The van der Waals surface area contributed by atoms with Crippen LogP contribution in [0.2, 0.25) is 0 Å². The van der Waals surface area contributed by atoms with Crippen LogP contribution in [-0.4, -0.2) is 39.4 Å². The number of aliphatic hydroxyl groups excluding tert-OH is 2. The van der Waals surface area contributed by atoms with Gasteiger partial charge in [0.15, 0.2) is 0 Å². The standard InChI is InChI=1S/C20H32O4/c1-17(2)15(23)5-6-18(3)14-8-12-4-7-19(14,9-13(22)16(17)18)10-20(12,24)11-21/h12-14,16,21-22,24H,4-11H2,1-3H3/t12-,13+,14-,16+,18-,19+,20+/m0/s1. The molecule has 1 spiro atoms. The van der Waals surface area contributed by atoms with Gasteiger partial charge in [0.05, 0.1) is 18.3 Å². The van der Waals surface area contributed by atoms with Crippen molar-refractivity contribution in [2.75, 3.05) is 6.61 Å². The molecular formula is C20H32O4. The van der Waals surface area contributed by atoms with Gasteiger partial charge in [-0.3, -0.25) is 4.79 Å². The van der Waals surface area contributed by atoms with E-state index in [0.29, 0.717) is 25.2 Å². The third kappa shape index (κ3) is 1.88. The number of fused-ring (bicyclic) bond motifs is 3. The van der Waals surface area contributed by atoms with E-state index in [1.165, 1.54) is 0 Å². The maximum Gasteiger partial charge on any atom is 0.138 e. The molecule has 2 bridgehead atoms. The average molecular weight is 336 g/mol. The van der Waals surface area contributed by atoms with Gasteiger partial charge in [0.1, 0.15) is 5.78 Å². The van der Waals surface area contributed by atoms with Crippen LogP contribution in [0.3, 0.4) is 0 Å². The van der Waals surface area contributed by atoms with Crippen molar-refractivity contribution in [2.45, 2.75) is 77.4 Å². The van der Waals surface area contributed by atoms with E-state index in [9.17, 15) is 20.1 Å². The first-order valence-electron chi connectivity index (χ1n) is 9.64. The number of carbonyl (C=O) groups is 1. The number of ketones is 1. The quantitative estimate of drug-likeness (QED) is 0.686. The van der Waals surface area contributed by atoms with Gasteiger partial charge in [0.25, 0.3) is 0 Å². The highest BCUT2D eigenvalue weighted by Gasteiger charge is 2.69. The van der Waals surface area contributed by atoms with E-state index in [1.807, 2.05) is 13.8 Å². The molecule has 0 unspecified atom stereocenters. The minimum Gasteiger partial charge on any atom is -0.393 e. The summed E-state index contributed by atoms with van der Waals surface area (Å²) in [7, 11) is 0. The Labute approximate surface area is 144 Å². The molecule has 136 valence electrons. The second-order valence-corrected chi connectivity index (χ2v) is 10.2. The largest absolute Gasteiger partial charge is 0.393 e. The molecule has 0 saturated heterocycles. The molecular weight excluding hydrogens is 304 g/mol. The molecule has 0 aromatic heterocycles. The van der Waals surface area contributed by atoms with Gasteiger partial charge in [-0.1, -0.05) is 20.8 Å². The molecule has 5 aliphatic carbocycles. The highest BCUT2D eigenvalue weighted by atomic mass is 16.3. The summed E-state index contributed by atoms with van der Waals surface area (Å²) >= 11 is 0. The minimum absolute atomic E-state index is 0.00319. The van der Waals surface area contributed by atoms with Crippen molar-refractivity contribution in [3.05, 3.63) is 0 Å². The van der Waals surface area contributed by atoms with E-state index < -0.39 is 17.1 Å². The zero-order valence-corrected chi connectivity index (χ0v) is 15.2. The lowest BCUT2D eigenvalue weighted by Gasteiger charge is -2.70. The summed E-state index contributed by atoms with van der Waals surface area (Å²) in [4.78, 5) is 12.5. The summed E-state index contributed by atoms with van der Waals surface area (Å²) in [6.07, 6.45) is 5.16. The number of carbonyl (C=O) groups excluding carboxylic acids is 1. The molecule has 5 aliphatic rings. The van der Waals surface area contributed by atoms with Gasteiger partial charge in [-0.15, -0.1) is 0 Å². The average Bonchev–Trinajstić information content (AvgIpc) is 2.50. The molecule has 5 rings (SSSR count). The van der Waals surface area contributed by atoms with Gasteiger partial charge in [0, 0.05) is 17.8 Å². The summed E-state index contributed by atoms with van der Waals surface area (Å²) < 4.78 is 0. The Morgan fingerprint density at radius 2 is 1.92 bits per heavy atom. The molecule has 7 atom stereocenters. The van der Waals surface area contributed by atoms with Crippen LogP contribution in [0.1, 0.15) is 65.7 Å². The monoisotopic (exact) mass is 336 g/mol. The third-order valence-corrected chi connectivity index (χ3v) is 8.84. The molecule has 5 saturated carbocycles. The maximum absolute atomic E-state index is 12.5. The summed E-state index contributed by atoms with van der Waals surface area (Å²) in [6, 6.07) is 0. The fourth-order valence-electron chi connectivity index (χ4n) is 7.92. The number of aliphatic hydroxyl groups is 3. The molecule has 24 heavy (non-hydrogen) atoms. The molecule has 0 aromatic rings. The molecule has 4 nitrogen and oxygen atoms in total. The Bertz CT molecular complexity index is 572. The molecule has 4 heteroatoms. The van der Waals surface area contributed by atoms with Crippen molar-refractivity contribution >= 4 is 5.78 Å². The minimum atomic E-state index is -0.975. The van der Waals surface area contributed by atoms with E-state index in [4.69, 9.17) is 0 Å². The van der Waals surface area contributed by atoms with E-state index in [0.717, 1.165) is 25.7 Å². The zero-order chi connectivity index (χ0) is 17.5. The molecule has 3 N–H and O–H groups in total. The Balaban J connectivity index is 1.78. The normalized spacial score (nSPS) is 55.8. The lowest BCUT2D eigenvalue weighted by Crippen LogP contribution is -2.69. The summed E-state index contributed by atoms with van der Waals surface area (Å²) in [5, 5.41) is 31.8. The molecule has 0 amide bonds. The Morgan fingerprint density at radius 1 is 1.21 bits per heavy atom. The van der Waals surface area contributed by atoms with Crippen molar-refractivity contribution in [3.8, 4) is 0 Å². The fourth-order valence-corrected chi connectivity index (χ4v) is 7.92. The number of rotatable bonds is 1. The molecule has 5 fully saturated rings. The van der Waals surface area contributed by atoms with Crippen molar-refractivity contribution in [1.82, 2.24) is 0 Å². The van der Waals surface area contributed by atoms with Gasteiger partial charge in [-0.05, 0) is 61.2 Å². The highest BCUT2D eigenvalue weighted by Crippen LogP contribution is 2.72. The van der Waals surface area contributed by atoms with Gasteiger partial charge in [0.2, 0.25) is 0 Å². The molecule has 0 aromatic carbocycles. The maximum atomic E-state index is 12.5. The van der Waals surface area contributed by atoms with Crippen LogP contribution < -0.4 is 0 Å². The fraction of sp³-hybridized carbons (Fsp3) is 0.950. The zero-order valence-electron chi connectivity index (χ0n) is 15.2. The first-order valence-corrected chi connectivity index (χ1v) is 9.64. The van der Waals surface area contributed by atoms with Crippen LogP contribution in [0.5, 0.6) is 0 Å². The van der Waals surface area contributed by atoms with E-state index in [-0.39, 0.29) is 35.1 Å². The molecule has 0 aliphatic heterocycles. The van der Waals surface area contributed by atoms with Crippen molar-refractivity contribution in [2.24, 2.45) is 34.0 Å². The van der Waals surface area contributed by atoms with E-state index in [2.05, 4.69) is 6.92 Å². The van der Waals surface area contributed by atoms with Crippen molar-refractivity contribution in [1.29, 1.82) is 0 Å². The first-order chi connectivity index (χ1) is 11.1. The predicted octanol–water partition coefficient (Wildman–Crippen LogP) is 2.29. The van der Waals surface area contributed by atoms with Crippen LogP contribution >= 0.6 is 0 Å². The lowest BCUT2D eigenvalue weighted by atomic mass is 9.35. The Kier molecular flexibility index (Phi) is 3.42. The van der Waals surface area contributed by atoms with Crippen molar-refractivity contribution in [3.63, 3.8) is 0 Å². The van der Waals surface area contributed by atoms with Gasteiger partial charge >= 0.3 is 0 Å². The van der Waals surface area contributed by atoms with Crippen LogP contribution in [0.15, 0.2) is 0 Å². The Hall–Kier alpha value is -0.450. The number of hydrogen-bond acceptors (Lipinski definition) is 4. The highest BCUT2D eigenvalue weighted by molar-refractivity contribution is 5.85. The van der Waals surface area contributed by atoms with Crippen LogP contribution in [-0.2, 0) is 4.79 Å². The van der Waals surface area contributed by atoms with Crippen LogP contribution in [0.25, 0.3) is 0 Å². The topological polar surface area (TPSA) is 77.8 Å². The Morgan fingerprint density at radius 3 is 2.58 bits per heavy atom.